The molecule has 1 N–H and O–H groups in total. The minimum absolute atomic E-state index is 0.164. The smallest absolute Gasteiger partial charge is 0.357 e. The summed E-state index contributed by atoms with van der Waals surface area (Å²) in [5.74, 6) is -1.21. The average molecular weight is 243 g/mol. The highest BCUT2D eigenvalue weighted by molar-refractivity contribution is 6.36. The van der Waals surface area contributed by atoms with E-state index in [-0.39, 0.29) is 10.8 Å². The molecule has 2 aromatic rings. The van der Waals surface area contributed by atoms with Gasteiger partial charge in [-0.2, -0.15) is 0 Å². The highest BCUT2D eigenvalue weighted by atomic mass is 35.5. The standard InChI is InChI=1S/C9H4Cl2N2O2/c10-4-2-1-3-5-6(4)13-8(11)7(12-5)9(14)15/h1-3H,(H,14,15). The van der Waals surface area contributed by atoms with E-state index in [1.807, 2.05) is 0 Å². The lowest BCUT2D eigenvalue weighted by atomic mass is 10.3. The molecule has 0 saturated heterocycles. The molecule has 0 radical (unpaired) electrons. The first-order valence-electron chi connectivity index (χ1n) is 3.94. The molecule has 0 amide bonds. The zero-order valence-corrected chi connectivity index (χ0v) is 8.75. The van der Waals surface area contributed by atoms with Gasteiger partial charge in [-0.15, -0.1) is 0 Å². The van der Waals surface area contributed by atoms with Crippen molar-refractivity contribution in [1.29, 1.82) is 0 Å². The van der Waals surface area contributed by atoms with E-state index in [0.29, 0.717) is 16.1 Å². The van der Waals surface area contributed by atoms with Gasteiger partial charge in [-0.3, -0.25) is 0 Å². The minimum atomic E-state index is -1.21. The molecule has 0 fully saturated rings. The number of carbonyl (C=O) groups is 1. The van der Waals surface area contributed by atoms with Gasteiger partial charge in [0.2, 0.25) is 0 Å². The van der Waals surface area contributed by atoms with Gasteiger partial charge < -0.3 is 5.11 Å². The van der Waals surface area contributed by atoms with E-state index in [1.165, 1.54) is 0 Å². The van der Waals surface area contributed by atoms with Crippen molar-refractivity contribution in [2.24, 2.45) is 0 Å². The normalized spacial score (nSPS) is 10.5. The topological polar surface area (TPSA) is 63.1 Å². The number of rotatable bonds is 1. The van der Waals surface area contributed by atoms with Crippen LogP contribution in [0, 0.1) is 0 Å². The van der Waals surface area contributed by atoms with Crippen molar-refractivity contribution in [3.05, 3.63) is 34.1 Å². The molecular weight excluding hydrogens is 239 g/mol. The van der Waals surface area contributed by atoms with Gasteiger partial charge in [0.1, 0.15) is 5.52 Å². The molecular formula is C9H4Cl2N2O2. The third-order valence-corrected chi connectivity index (χ3v) is 2.37. The Labute approximate surface area is 94.5 Å². The quantitative estimate of drug-likeness (QED) is 0.836. The Morgan fingerprint density at radius 2 is 2.00 bits per heavy atom. The summed E-state index contributed by atoms with van der Waals surface area (Å²) in [5, 5.41) is 9.00. The van der Waals surface area contributed by atoms with Gasteiger partial charge in [-0.25, -0.2) is 14.8 Å². The van der Waals surface area contributed by atoms with Gasteiger partial charge in [0.25, 0.3) is 0 Å². The summed E-state index contributed by atoms with van der Waals surface area (Å²) in [7, 11) is 0. The number of aromatic carboxylic acids is 1. The monoisotopic (exact) mass is 242 g/mol. The Morgan fingerprint density at radius 1 is 1.27 bits per heavy atom. The lowest BCUT2D eigenvalue weighted by Crippen LogP contribution is -2.03. The molecule has 1 aromatic carbocycles. The molecule has 0 unspecified atom stereocenters. The van der Waals surface area contributed by atoms with E-state index in [9.17, 15) is 4.79 Å². The number of benzene rings is 1. The molecule has 6 heteroatoms. The van der Waals surface area contributed by atoms with Gasteiger partial charge in [0, 0.05) is 0 Å². The number of para-hydroxylation sites is 1. The third-order valence-electron chi connectivity index (χ3n) is 1.81. The van der Waals surface area contributed by atoms with Crippen molar-refractivity contribution in [2.45, 2.75) is 0 Å². The summed E-state index contributed by atoms with van der Waals surface area (Å²) >= 11 is 11.5. The van der Waals surface area contributed by atoms with Crippen molar-refractivity contribution in [2.75, 3.05) is 0 Å². The number of carboxylic acid groups (broad SMARTS) is 1. The zero-order chi connectivity index (χ0) is 11.0. The van der Waals surface area contributed by atoms with Crippen LogP contribution in [-0.2, 0) is 0 Å². The van der Waals surface area contributed by atoms with E-state index in [2.05, 4.69) is 9.97 Å². The highest BCUT2D eigenvalue weighted by Gasteiger charge is 2.14. The van der Waals surface area contributed by atoms with Crippen LogP contribution >= 0.6 is 23.2 Å². The maximum atomic E-state index is 10.7. The summed E-state index contributed by atoms with van der Waals surface area (Å²) < 4.78 is 0. The molecule has 1 aromatic heterocycles. The Kier molecular flexibility index (Phi) is 2.46. The molecule has 0 spiro atoms. The predicted octanol–water partition coefficient (Wildman–Crippen LogP) is 2.63. The van der Waals surface area contributed by atoms with Crippen molar-refractivity contribution < 1.29 is 9.90 Å². The van der Waals surface area contributed by atoms with Gasteiger partial charge in [0.05, 0.1) is 10.5 Å². The zero-order valence-electron chi connectivity index (χ0n) is 7.24. The van der Waals surface area contributed by atoms with Crippen LogP contribution in [0.4, 0.5) is 0 Å². The van der Waals surface area contributed by atoms with Crippen LogP contribution in [0.1, 0.15) is 10.5 Å². The van der Waals surface area contributed by atoms with E-state index >= 15 is 0 Å². The number of nitrogens with zero attached hydrogens (tertiary/aromatic N) is 2. The van der Waals surface area contributed by atoms with E-state index in [0.717, 1.165) is 0 Å². The van der Waals surface area contributed by atoms with Crippen LogP contribution in [0.3, 0.4) is 0 Å². The second-order valence-electron chi connectivity index (χ2n) is 2.78. The number of halogens is 2. The molecule has 0 bridgehead atoms. The van der Waals surface area contributed by atoms with Gasteiger partial charge >= 0.3 is 5.97 Å². The molecule has 0 aliphatic carbocycles. The molecule has 0 aliphatic rings. The largest absolute Gasteiger partial charge is 0.476 e. The molecule has 2 rings (SSSR count). The molecule has 1 heterocycles. The maximum Gasteiger partial charge on any atom is 0.357 e. The molecule has 0 atom stereocenters. The second kappa shape index (κ2) is 3.64. The third kappa shape index (κ3) is 1.73. The first-order valence-corrected chi connectivity index (χ1v) is 4.70. The molecule has 15 heavy (non-hydrogen) atoms. The summed E-state index contributed by atoms with van der Waals surface area (Å²) in [6, 6.07) is 4.92. The molecule has 4 nitrogen and oxygen atoms in total. The van der Waals surface area contributed by atoms with Crippen molar-refractivity contribution in [3.63, 3.8) is 0 Å². The lowest BCUT2D eigenvalue weighted by Gasteiger charge is -2.01. The van der Waals surface area contributed by atoms with Gasteiger partial charge in [-0.1, -0.05) is 29.3 Å². The summed E-state index contributed by atoms with van der Waals surface area (Å²) in [6.45, 7) is 0. The van der Waals surface area contributed by atoms with Crippen LogP contribution in [0.2, 0.25) is 10.2 Å². The second-order valence-corrected chi connectivity index (χ2v) is 3.54. The van der Waals surface area contributed by atoms with Crippen LogP contribution in [0.5, 0.6) is 0 Å². The molecule has 76 valence electrons. The summed E-state index contributed by atoms with van der Waals surface area (Å²) in [6.07, 6.45) is 0. The van der Waals surface area contributed by atoms with Crippen LogP contribution < -0.4 is 0 Å². The summed E-state index contributed by atoms with van der Waals surface area (Å²) in [4.78, 5) is 18.5. The van der Waals surface area contributed by atoms with E-state index < -0.39 is 5.97 Å². The Bertz CT molecular complexity index is 557. The van der Waals surface area contributed by atoms with Crippen LogP contribution in [0.25, 0.3) is 11.0 Å². The Morgan fingerprint density at radius 3 is 2.67 bits per heavy atom. The SMILES string of the molecule is O=C(O)c1nc2cccc(Cl)c2nc1Cl. The fraction of sp³-hybridized carbons (Fsp3) is 0. The molecule has 0 aliphatic heterocycles. The van der Waals surface area contributed by atoms with Crippen molar-refractivity contribution in [1.82, 2.24) is 9.97 Å². The average Bonchev–Trinajstić information content (AvgIpc) is 2.18. The number of carboxylic acids is 1. The number of hydrogen-bond acceptors (Lipinski definition) is 3. The summed E-state index contributed by atoms with van der Waals surface area (Å²) in [5.41, 5.74) is 0.532. The van der Waals surface area contributed by atoms with E-state index in [1.54, 1.807) is 18.2 Å². The number of hydrogen-bond donors (Lipinski definition) is 1. The molecule has 0 saturated carbocycles. The fourth-order valence-electron chi connectivity index (χ4n) is 1.16. The Hall–Kier alpha value is -1.39. The fourth-order valence-corrected chi connectivity index (χ4v) is 1.58. The lowest BCUT2D eigenvalue weighted by molar-refractivity contribution is 0.0690. The minimum Gasteiger partial charge on any atom is -0.476 e. The van der Waals surface area contributed by atoms with Crippen molar-refractivity contribution >= 4 is 40.2 Å². The van der Waals surface area contributed by atoms with Gasteiger partial charge in [0.15, 0.2) is 10.8 Å². The predicted molar refractivity (Wildman–Crippen MR) is 56.5 cm³/mol. The van der Waals surface area contributed by atoms with E-state index in [4.69, 9.17) is 28.3 Å². The van der Waals surface area contributed by atoms with Crippen LogP contribution in [-0.4, -0.2) is 21.0 Å². The maximum absolute atomic E-state index is 10.7. The van der Waals surface area contributed by atoms with Gasteiger partial charge in [-0.05, 0) is 12.1 Å². The first kappa shape index (κ1) is 10.1. The van der Waals surface area contributed by atoms with Crippen LogP contribution in [0.15, 0.2) is 18.2 Å². The number of aromatic nitrogens is 2. The first-order chi connectivity index (χ1) is 7.09. The number of fused-ring (bicyclic) bond motifs is 1. The highest BCUT2D eigenvalue weighted by Crippen LogP contribution is 2.23. The van der Waals surface area contributed by atoms with Crippen molar-refractivity contribution in [3.8, 4) is 0 Å². The Balaban J connectivity index is 2.82.